The molecule has 122 valence electrons. The third kappa shape index (κ3) is 2.74. The van der Waals surface area contributed by atoms with E-state index in [1.165, 1.54) is 38.0 Å². The van der Waals surface area contributed by atoms with E-state index in [0.717, 1.165) is 4.31 Å². The lowest BCUT2D eigenvalue weighted by molar-refractivity contribution is -0.0349. The lowest BCUT2D eigenvalue weighted by atomic mass is 10.0. The average molecular weight is 364 g/mol. The van der Waals surface area contributed by atoms with Crippen molar-refractivity contribution in [1.82, 2.24) is 9.21 Å². The average Bonchev–Trinajstić information content (AvgIpc) is 2.75. The predicted octanol–water partition coefficient (Wildman–Crippen LogP) is 1.40. The standard InChI is InChI=1S/C13H18ClN3O3S2/c1-15-12-17(4)13(18,8-21-12)9-5-6-10(14)11(7-9)22(19,20)16(2)3/h5-7,18H,8H2,1-4H3/b15-12-. The molecule has 0 saturated carbocycles. The molecule has 0 bridgehead atoms. The highest BCUT2D eigenvalue weighted by molar-refractivity contribution is 8.14. The number of aliphatic imine (C=N–C) groups is 1. The van der Waals surface area contributed by atoms with E-state index >= 15 is 0 Å². The molecule has 0 spiro atoms. The summed E-state index contributed by atoms with van der Waals surface area (Å²) in [6, 6.07) is 4.55. The molecule has 1 atom stereocenters. The minimum Gasteiger partial charge on any atom is -0.366 e. The number of thioether (sulfide) groups is 1. The van der Waals surface area contributed by atoms with Crippen LogP contribution in [0.15, 0.2) is 28.1 Å². The van der Waals surface area contributed by atoms with Gasteiger partial charge in [-0.25, -0.2) is 12.7 Å². The van der Waals surface area contributed by atoms with Crippen LogP contribution in [-0.4, -0.2) is 61.8 Å². The molecule has 1 fully saturated rings. The summed E-state index contributed by atoms with van der Waals surface area (Å²) in [6.07, 6.45) is 0. The molecule has 6 nitrogen and oxygen atoms in total. The molecule has 1 aliphatic rings. The third-order valence-corrected chi connectivity index (χ3v) is 7.15. The Hall–Kier alpha value is -0.800. The number of aliphatic hydroxyl groups is 1. The number of hydrogen-bond acceptors (Lipinski definition) is 5. The molecule has 0 aromatic heterocycles. The van der Waals surface area contributed by atoms with Crippen molar-refractivity contribution in [3.8, 4) is 0 Å². The molecule has 1 N–H and O–H groups in total. The van der Waals surface area contributed by atoms with Crippen LogP contribution in [0, 0.1) is 0 Å². The van der Waals surface area contributed by atoms with Crippen molar-refractivity contribution in [3.05, 3.63) is 28.8 Å². The fourth-order valence-electron chi connectivity index (χ4n) is 2.16. The molecule has 0 aliphatic carbocycles. The highest BCUT2D eigenvalue weighted by atomic mass is 35.5. The Labute approximate surface area is 139 Å². The largest absolute Gasteiger partial charge is 0.366 e. The second kappa shape index (κ2) is 6.01. The van der Waals surface area contributed by atoms with Gasteiger partial charge in [-0.2, -0.15) is 0 Å². The van der Waals surface area contributed by atoms with E-state index in [1.54, 1.807) is 25.1 Å². The fraction of sp³-hybridized carbons (Fsp3) is 0.462. The number of nitrogens with zero attached hydrogens (tertiary/aromatic N) is 3. The molecule has 0 amide bonds. The van der Waals surface area contributed by atoms with E-state index in [1.807, 2.05) is 0 Å². The zero-order valence-corrected chi connectivity index (χ0v) is 15.1. The number of sulfonamides is 1. The summed E-state index contributed by atoms with van der Waals surface area (Å²) in [7, 11) is 2.55. The first kappa shape index (κ1) is 17.6. The van der Waals surface area contributed by atoms with Crippen molar-refractivity contribution in [2.75, 3.05) is 33.9 Å². The summed E-state index contributed by atoms with van der Waals surface area (Å²) in [5.74, 6) is 0.360. The van der Waals surface area contributed by atoms with Gasteiger partial charge in [0.05, 0.1) is 10.8 Å². The predicted molar refractivity (Wildman–Crippen MR) is 89.8 cm³/mol. The number of amidine groups is 1. The summed E-state index contributed by atoms with van der Waals surface area (Å²) in [5.41, 5.74) is -0.855. The first-order chi connectivity index (χ1) is 10.1. The van der Waals surface area contributed by atoms with E-state index in [9.17, 15) is 13.5 Å². The Balaban J connectivity index is 2.56. The Morgan fingerprint density at radius 3 is 2.59 bits per heavy atom. The van der Waals surface area contributed by atoms with E-state index in [2.05, 4.69) is 4.99 Å². The van der Waals surface area contributed by atoms with E-state index in [4.69, 9.17) is 11.6 Å². The van der Waals surface area contributed by atoms with E-state index in [0.29, 0.717) is 16.5 Å². The summed E-state index contributed by atoms with van der Waals surface area (Å²) >= 11 is 7.45. The SMILES string of the molecule is C/N=C1\SCC(O)(c2ccc(Cl)c(S(=O)(=O)N(C)C)c2)N1C. The van der Waals surface area contributed by atoms with Crippen LogP contribution >= 0.6 is 23.4 Å². The molecule has 9 heteroatoms. The Bertz CT molecular complexity index is 721. The first-order valence-corrected chi connectivity index (χ1v) is 9.23. The van der Waals surface area contributed by atoms with Crippen LogP contribution in [0.25, 0.3) is 0 Å². The van der Waals surface area contributed by atoms with Crippen LogP contribution in [0.1, 0.15) is 5.56 Å². The van der Waals surface area contributed by atoms with Gasteiger partial charge in [-0.3, -0.25) is 4.99 Å². The number of hydrogen-bond donors (Lipinski definition) is 1. The molecule has 1 saturated heterocycles. The topological polar surface area (TPSA) is 73.2 Å². The minimum atomic E-state index is -3.69. The molecule has 22 heavy (non-hydrogen) atoms. The quantitative estimate of drug-likeness (QED) is 0.878. The van der Waals surface area contributed by atoms with Crippen molar-refractivity contribution in [2.45, 2.75) is 10.6 Å². The van der Waals surface area contributed by atoms with Crippen molar-refractivity contribution in [2.24, 2.45) is 4.99 Å². The third-order valence-electron chi connectivity index (χ3n) is 3.59. The normalized spacial score (nSPS) is 24.5. The summed E-state index contributed by atoms with van der Waals surface area (Å²) in [5, 5.41) is 11.7. The highest BCUT2D eigenvalue weighted by Crippen LogP contribution is 2.39. The summed E-state index contributed by atoms with van der Waals surface area (Å²) < 4.78 is 25.8. The van der Waals surface area contributed by atoms with Crippen molar-refractivity contribution in [1.29, 1.82) is 0 Å². The molecular formula is C13H18ClN3O3S2. The minimum absolute atomic E-state index is 0.0228. The number of halogens is 1. The maximum absolute atomic E-state index is 12.3. The highest BCUT2D eigenvalue weighted by Gasteiger charge is 2.43. The molecular weight excluding hydrogens is 346 g/mol. The van der Waals surface area contributed by atoms with Gasteiger partial charge in [0.15, 0.2) is 10.9 Å². The van der Waals surface area contributed by atoms with Crippen LogP contribution < -0.4 is 0 Å². The molecule has 2 rings (SSSR count). The van der Waals surface area contributed by atoms with Gasteiger partial charge >= 0.3 is 0 Å². The molecule has 1 heterocycles. The molecule has 0 radical (unpaired) electrons. The summed E-state index contributed by atoms with van der Waals surface area (Å²) in [4.78, 5) is 5.71. The zero-order valence-electron chi connectivity index (χ0n) is 12.7. The zero-order chi connectivity index (χ0) is 16.7. The van der Waals surface area contributed by atoms with Gasteiger partial charge in [0.25, 0.3) is 0 Å². The van der Waals surface area contributed by atoms with Crippen LogP contribution in [0.3, 0.4) is 0 Å². The van der Waals surface area contributed by atoms with Gasteiger partial charge in [-0.1, -0.05) is 29.4 Å². The van der Waals surface area contributed by atoms with Gasteiger partial charge in [-0.15, -0.1) is 0 Å². The van der Waals surface area contributed by atoms with Crippen molar-refractivity contribution >= 4 is 38.6 Å². The molecule has 1 aliphatic heterocycles. The van der Waals surface area contributed by atoms with Crippen molar-refractivity contribution in [3.63, 3.8) is 0 Å². The van der Waals surface area contributed by atoms with Gasteiger partial charge in [0.1, 0.15) is 4.90 Å². The lowest BCUT2D eigenvalue weighted by Gasteiger charge is -2.31. The van der Waals surface area contributed by atoms with Gasteiger partial charge < -0.3 is 10.0 Å². The Kier molecular flexibility index (Phi) is 4.79. The maximum Gasteiger partial charge on any atom is 0.244 e. The monoisotopic (exact) mass is 363 g/mol. The van der Waals surface area contributed by atoms with Crippen LogP contribution in [0.5, 0.6) is 0 Å². The van der Waals surface area contributed by atoms with Crippen LogP contribution in [0.4, 0.5) is 0 Å². The fourth-order valence-corrected chi connectivity index (χ4v) is 4.71. The van der Waals surface area contributed by atoms with Crippen molar-refractivity contribution < 1.29 is 13.5 Å². The Morgan fingerprint density at radius 2 is 2.09 bits per heavy atom. The Morgan fingerprint density at radius 1 is 1.45 bits per heavy atom. The lowest BCUT2D eigenvalue weighted by Crippen LogP contribution is -2.42. The second-order valence-corrected chi connectivity index (χ2v) is 8.57. The van der Waals surface area contributed by atoms with Gasteiger partial charge in [0.2, 0.25) is 10.0 Å². The molecule has 1 aromatic carbocycles. The molecule has 1 unspecified atom stereocenters. The first-order valence-electron chi connectivity index (χ1n) is 6.43. The van der Waals surface area contributed by atoms with E-state index < -0.39 is 15.7 Å². The second-order valence-electron chi connectivity index (χ2n) is 5.10. The smallest absolute Gasteiger partial charge is 0.244 e. The van der Waals surface area contributed by atoms with Gasteiger partial charge in [0, 0.05) is 33.8 Å². The number of benzene rings is 1. The van der Waals surface area contributed by atoms with Crippen LogP contribution in [0.2, 0.25) is 5.02 Å². The maximum atomic E-state index is 12.3. The van der Waals surface area contributed by atoms with Gasteiger partial charge in [-0.05, 0) is 12.1 Å². The van der Waals surface area contributed by atoms with Crippen LogP contribution in [-0.2, 0) is 15.7 Å². The molecule has 1 aromatic rings. The number of rotatable bonds is 3. The summed E-state index contributed by atoms with van der Waals surface area (Å²) in [6.45, 7) is 0. The van der Waals surface area contributed by atoms with E-state index in [-0.39, 0.29) is 9.92 Å².